The van der Waals surface area contributed by atoms with E-state index in [1.165, 1.54) is 18.2 Å². The molecule has 2 aliphatic rings. The number of aromatic amines is 1. The molecule has 1 fully saturated rings. The summed E-state index contributed by atoms with van der Waals surface area (Å²) in [7, 11) is 0. The molecule has 1 atom stereocenters. The number of allylic oxidation sites excluding steroid dienone is 2. The molecule has 2 aromatic rings. The molecule has 0 saturated carbocycles. The van der Waals surface area contributed by atoms with Crippen molar-refractivity contribution < 1.29 is 23.5 Å². The quantitative estimate of drug-likeness (QED) is 0.795. The molecule has 132 valence electrons. The van der Waals surface area contributed by atoms with E-state index in [0.717, 1.165) is 0 Å². The van der Waals surface area contributed by atoms with E-state index in [4.69, 9.17) is 16.3 Å². The number of ether oxygens (including phenoxy) is 1. The molecule has 1 aromatic carbocycles. The zero-order valence-corrected chi connectivity index (χ0v) is 13.9. The molecule has 2 N–H and O–H groups in total. The molecular formula is C17H11ClFN3O4. The Morgan fingerprint density at radius 3 is 2.77 bits per heavy atom. The van der Waals surface area contributed by atoms with Crippen molar-refractivity contribution in [3.05, 3.63) is 52.2 Å². The van der Waals surface area contributed by atoms with Gasteiger partial charge in [0.05, 0.1) is 6.61 Å². The number of carbonyl (C=O) groups is 3. The summed E-state index contributed by atoms with van der Waals surface area (Å²) < 4.78 is 18.2. The maximum Gasteiger partial charge on any atom is 0.328 e. The molecule has 1 aliphatic carbocycles. The van der Waals surface area contributed by atoms with Crippen LogP contribution in [0.25, 0.3) is 11.4 Å². The lowest BCUT2D eigenvalue weighted by Gasteiger charge is -2.17. The number of carbonyl (C=O) groups excluding carboxylic acids is 3. The molecule has 0 amide bonds. The summed E-state index contributed by atoms with van der Waals surface area (Å²) in [5.41, 5.74) is -0.0124. The summed E-state index contributed by atoms with van der Waals surface area (Å²) in [6.45, 7) is 0.223. The molecule has 0 spiro atoms. The van der Waals surface area contributed by atoms with Crippen molar-refractivity contribution in [2.24, 2.45) is 0 Å². The molecule has 7 nitrogen and oxygen atoms in total. The van der Waals surface area contributed by atoms with E-state index in [0.29, 0.717) is 12.0 Å². The SMILES string of the molecule is O=C1C(N[C@H]2CCOC2=O)=C(Cl)C(=O)c2[nH]c(-c3cccc(F)c3)nc21. The monoisotopic (exact) mass is 375 g/mol. The first-order chi connectivity index (χ1) is 12.5. The second-order valence-corrected chi connectivity index (χ2v) is 6.20. The highest BCUT2D eigenvalue weighted by molar-refractivity contribution is 6.49. The van der Waals surface area contributed by atoms with Crippen LogP contribution in [0.4, 0.5) is 4.39 Å². The lowest BCUT2D eigenvalue weighted by atomic mass is 10.0. The average Bonchev–Trinajstić information content (AvgIpc) is 3.24. The summed E-state index contributed by atoms with van der Waals surface area (Å²) in [6.07, 6.45) is 0.357. The van der Waals surface area contributed by atoms with Gasteiger partial charge in [-0.3, -0.25) is 9.59 Å². The van der Waals surface area contributed by atoms with Gasteiger partial charge in [-0.2, -0.15) is 0 Å². The number of fused-ring (bicyclic) bond motifs is 1. The molecule has 9 heteroatoms. The number of hydrogen-bond acceptors (Lipinski definition) is 6. The van der Waals surface area contributed by atoms with Crippen LogP contribution in [0.15, 0.2) is 35.0 Å². The van der Waals surface area contributed by atoms with E-state index in [-0.39, 0.29) is 34.5 Å². The van der Waals surface area contributed by atoms with E-state index in [1.807, 2.05) is 0 Å². The number of aromatic nitrogens is 2. The molecule has 0 radical (unpaired) electrons. The molecule has 26 heavy (non-hydrogen) atoms. The molecular weight excluding hydrogens is 365 g/mol. The molecule has 0 bridgehead atoms. The number of hydrogen-bond donors (Lipinski definition) is 2. The van der Waals surface area contributed by atoms with Crippen LogP contribution in [0.5, 0.6) is 0 Å². The first-order valence-electron chi connectivity index (χ1n) is 7.74. The first-order valence-corrected chi connectivity index (χ1v) is 8.12. The fourth-order valence-electron chi connectivity index (χ4n) is 2.85. The van der Waals surface area contributed by atoms with Gasteiger partial charge < -0.3 is 15.0 Å². The van der Waals surface area contributed by atoms with Crippen LogP contribution in [-0.4, -0.2) is 40.2 Å². The van der Waals surface area contributed by atoms with Crippen molar-refractivity contribution in [2.75, 3.05) is 6.61 Å². The fourth-order valence-corrected chi connectivity index (χ4v) is 3.08. The van der Waals surface area contributed by atoms with Crippen molar-refractivity contribution in [2.45, 2.75) is 12.5 Å². The van der Waals surface area contributed by atoms with Gasteiger partial charge in [0.1, 0.15) is 39.8 Å². The number of Topliss-reactive ketones (excluding diaryl/α,β-unsaturated/α-hetero) is 2. The van der Waals surface area contributed by atoms with Crippen molar-refractivity contribution in [1.29, 1.82) is 0 Å². The van der Waals surface area contributed by atoms with Gasteiger partial charge >= 0.3 is 5.97 Å². The molecule has 1 aromatic heterocycles. The smallest absolute Gasteiger partial charge is 0.328 e. The maximum absolute atomic E-state index is 13.4. The van der Waals surface area contributed by atoms with Crippen LogP contribution < -0.4 is 5.32 Å². The maximum atomic E-state index is 13.4. The normalized spacial score (nSPS) is 19.6. The van der Waals surface area contributed by atoms with Crippen LogP contribution in [0.3, 0.4) is 0 Å². The van der Waals surface area contributed by atoms with E-state index >= 15 is 0 Å². The third-order valence-electron chi connectivity index (χ3n) is 4.14. The van der Waals surface area contributed by atoms with Crippen molar-refractivity contribution in [1.82, 2.24) is 15.3 Å². The van der Waals surface area contributed by atoms with Crippen LogP contribution in [0.1, 0.15) is 27.4 Å². The lowest BCUT2D eigenvalue weighted by molar-refractivity contribution is -0.139. The van der Waals surface area contributed by atoms with Crippen LogP contribution in [0, 0.1) is 5.82 Å². The Morgan fingerprint density at radius 2 is 2.08 bits per heavy atom. The van der Waals surface area contributed by atoms with Gasteiger partial charge in [0.2, 0.25) is 11.6 Å². The highest BCUT2D eigenvalue weighted by Gasteiger charge is 2.38. The highest BCUT2D eigenvalue weighted by Crippen LogP contribution is 2.29. The second kappa shape index (κ2) is 6.06. The van der Waals surface area contributed by atoms with Crippen LogP contribution in [0.2, 0.25) is 0 Å². The minimum atomic E-state index is -0.751. The Bertz CT molecular complexity index is 998. The summed E-state index contributed by atoms with van der Waals surface area (Å²) in [6, 6.07) is 4.81. The highest BCUT2D eigenvalue weighted by atomic mass is 35.5. The predicted molar refractivity (Wildman–Crippen MR) is 88.0 cm³/mol. The van der Waals surface area contributed by atoms with E-state index in [2.05, 4.69) is 15.3 Å². The summed E-state index contributed by atoms with van der Waals surface area (Å²) in [4.78, 5) is 43.7. The van der Waals surface area contributed by atoms with Crippen molar-refractivity contribution in [3.63, 3.8) is 0 Å². The van der Waals surface area contributed by atoms with Crippen molar-refractivity contribution in [3.8, 4) is 11.4 Å². The second-order valence-electron chi connectivity index (χ2n) is 5.82. The minimum absolute atomic E-state index is 0.0705. The molecule has 1 aliphatic heterocycles. The number of esters is 1. The van der Waals surface area contributed by atoms with Gasteiger partial charge in [-0.1, -0.05) is 23.7 Å². The number of benzene rings is 1. The van der Waals surface area contributed by atoms with Crippen molar-refractivity contribution >= 4 is 29.1 Å². The Labute approximate surface area is 151 Å². The Morgan fingerprint density at radius 1 is 1.27 bits per heavy atom. The molecule has 2 heterocycles. The number of ketones is 2. The zero-order chi connectivity index (χ0) is 18.4. The van der Waals surface area contributed by atoms with Gasteiger partial charge in [-0.15, -0.1) is 0 Å². The third kappa shape index (κ3) is 2.59. The summed E-state index contributed by atoms with van der Waals surface area (Å²) in [5.74, 6) is -2.08. The molecule has 1 saturated heterocycles. The van der Waals surface area contributed by atoms with Crippen LogP contribution in [-0.2, 0) is 9.53 Å². The average molecular weight is 376 g/mol. The summed E-state index contributed by atoms with van der Waals surface area (Å²) in [5, 5.41) is 2.35. The largest absolute Gasteiger partial charge is 0.464 e. The zero-order valence-electron chi connectivity index (χ0n) is 13.1. The third-order valence-corrected chi connectivity index (χ3v) is 4.50. The number of halogens is 2. The number of nitrogens with one attached hydrogen (secondary N) is 2. The summed E-state index contributed by atoms with van der Waals surface area (Å²) >= 11 is 6.05. The topological polar surface area (TPSA) is 101 Å². The van der Waals surface area contributed by atoms with E-state index in [1.54, 1.807) is 6.07 Å². The Hall–Kier alpha value is -3.00. The minimum Gasteiger partial charge on any atom is -0.464 e. The predicted octanol–water partition coefficient (Wildman–Crippen LogP) is 1.95. The molecule has 4 rings (SSSR count). The fraction of sp³-hybridized carbons (Fsp3) is 0.176. The first kappa shape index (κ1) is 16.5. The lowest BCUT2D eigenvalue weighted by Crippen LogP contribution is -2.38. The number of cyclic esters (lactones) is 1. The number of imidazole rings is 1. The number of nitrogens with zero attached hydrogens (tertiary/aromatic N) is 1. The van der Waals surface area contributed by atoms with Gasteiger partial charge in [0.15, 0.2) is 0 Å². The van der Waals surface area contributed by atoms with Gasteiger partial charge in [-0.25, -0.2) is 14.2 Å². The van der Waals surface area contributed by atoms with Gasteiger partial charge in [0.25, 0.3) is 0 Å². The Balaban J connectivity index is 1.71. The number of H-pyrrole nitrogens is 1. The van der Waals surface area contributed by atoms with E-state index < -0.39 is 29.4 Å². The molecule has 0 unspecified atom stereocenters. The van der Waals surface area contributed by atoms with Gasteiger partial charge in [-0.05, 0) is 12.1 Å². The standard InChI is InChI=1S/C17H11ClFN3O4/c18-10-11(20-9-4-5-26-17(9)25)15(24)13-12(14(10)23)21-16(22-13)7-2-1-3-8(19)6-7/h1-3,6,9,20H,4-5H2,(H,21,22)/t9-/m0/s1. The van der Waals surface area contributed by atoms with Crippen LogP contribution >= 0.6 is 11.6 Å². The van der Waals surface area contributed by atoms with E-state index in [9.17, 15) is 18.8 Å². The van der Waals surface area contributed by atoms with Gasteiger partial charge in [0, 0.05) is 12.0 Å². The number of rotatable bonds is 3. The Kier molecular flexibility index (Phi) is 3.84.